The van der Waals surface area contributed by atoms with Crippen LogP contribution in [0, 0.1) is 0 Å². The largest absolute Gasteiger partial charge is 0.422 e. The molecule has 0 saturated carbocycles. The first kappa shape index (κ1) is 19.1. The van der Waals surface area contributed by atoms with Gasteiger partial charge in [-0.25, -0.2) is 13.2 Å². The van der Waals surface area contributed by atoms with Crippen LogP contribution in [0.4, 0.5) is 0 Å². The molecule has 140 valence electrons. The number of rotatable bonds is 5. The molecule has 0 fully saturated rings. The molecule has 0 heterocycles. The summed E-state index contributed by atoms with van der Waals surface area (Å²) in [5.74, 6) is -0.165. The van der Waals surface area contributed by atoms with Crippen LogP contribution in [0.2, 0.25) is 0 Å². The molecule has 0 aromatic heterocycles. The molecular formula is C21H21NO4S. The predicted octanol–water partition coefficient (Wildman–Crippen LogP) is 4.09. The van der Waals surface area contributed by atoms with Gasteiger partial charge in [-0.2, -0.15) is 4.31 Å². The van der Waals surface area contributed by atoms with E-state index in [1.54, 1.807) is 32.0 Å². The zero-order chi connectivity index (χ0) is 19.6. The van der Waals surface area contributed by atoms with Gasteiger partial charge in [0.2, 0.25) is 10.0 Å². The number of fused-ring (bicyclic) bond motifs is 1. The minimum Gasteiger partial charge on any atom is -0.422 e. The van der Waals surface area contributed by atoms with E-state index >= 15 is 0 Å². The third kappa shape index (κ3) is 3.86. The normalized spacial score (nSPS) is 11.9. The Morgan fingerprint density at radius 3 is 2.37 bits per heavy atom. The molecule has 0 atom stereocenters. The first-order valence-electron chi connectivity index (χ1n) is 8.59. The van der Waals surface area contributed by atoms with Gasteiger partial charge in [-0.05, 0) is 43.5 Å². The van der Waals surface area contributed by atoms with E-state index in [1.165, 1.54) is 23.5 Å². The molecule has 0 bridgehead atoms. The molecule has 27 heavy (non-hydrogen) atoms. The lowest BCUT2D eigenvalue weighted by Gasteiger charge is -2.21. The average Bonchev–Trinajstić information content (AvgIpc) is 2.67. The van der Waals surface area contributed by atoms with Crippen LogP contribution in [0.1, 0.15) is 24.2 Å². The van der Waals surface area contributed by atoms with Gasteiger partial charge in [-0.1, -0.05) is 42.5 Å². The van der Waals surface area contributed by atoms with Crippen molar-refractivity contribution < 1.29 is 17.9 Å². The maximum Gasteiger partial charge on any atom is 0.343 e. The second kappa shape index (κ2) is 7.50. The summed E-state index contributed by atoms with van der Waals surface area (Å²) < 4.78 is 32.1. The average molecular weight is 383 g/mol. The fraction of sp³-hybridized carbons (Fsp3) is 0.190. The van der Waals surface area contributed by atoms with Crippen LogP contribution in [0.15, 0.2) is 71.6 Å². The monoisotopic (exact) mass is 383 g/mol. The maximum atomic E-state index is 12.7. The van der Waals surface area contributed by atoms with Crippen LogP contribution < -0.4 is 4.74 Å². The van der Waals surface area contributed by atoms with Gasteiger partial charge in [-0.3, -0.25) is 0 Å². The Bertz CT molecular complexity index is 1080. The molecule has 0 spiro atoms. The summed E-state index contributed by atoms with van der Waals surface area (Å²) in [6.45, 7) is 3.58. The summed E-state index contributed by atoms with van der Waals surface area (Å²) in [5, 5.41) is 1.77. The van der Waals surface area contributed by atoms with Crippen molar-refractivity contribution >= 4 is 26.8 Å². The Morgan fingerprint density at radius 2 is 1.63 bits per heavy atom. The Labute approximate surface area is 159 Å². The molecule has 0 amide bonds. The van der Waals surface area contributed by atoms with Crippen molar-refractivity contribution in [1.29, 1.82) is 0 Å². The molecule has 0 aliphatic heterocycles. The third-order valence-corrected chi connectivity index (χ3v) is 6.46. The van der Waals surface area contributed by atoms with E-state index in [2.05, 4.69) is 0 Å². The summed E-state index contributed by atoms with van der Waals surface area (Å²) in [6.07, 6.45) is 0. The van der Waals surface area contributed by atoms with E-state index in [4.69, 9.17) is 4.74 Å². The van der Waals surface area contributed by atoms with Crippen molar-refractivity contribution in [2.75, 3.05) is 7.05 Å². The molecule has 0 saturated heterocycles. The highest BCUT2D eigenvalue weighted by molar-refractivity contribution is 7.89. The molecule has 6 heteroatoms. The van der Waals surface area contributed by atoms with Gasteiger partial charge in [-0.15, -0.1) is 0 Å². The zero-order valence-electron chi connectivity index (χ0n) is 15.4. The van der Waals surface area contributed by atoms with E-state index in [-0.39, 0.29) is 16.5 Å². The molecular weight excluding hydrogens is 362 g/mol. The molecule has 0 unspecified atom stereocenters. The van der Waals surface area contributed by atoms with Gasteiger partial charge in [0.15, 0.2) is 0 Å². The van der Waals surface area contributed by atoms with Crippen molar-refractivity contribution in [3.05, 3.63) is 72.3 Å². The lowest BCUT2D eigenvalue weighted by molar-refractivity contribution is 0.0737. The van der Waals surface area contributed by atoms with Crippen LogP contribution in [-0.2, 0) is 10.0 Å². The zero-order valence-corrected chi connectivity index (χ0v) is 16.2. The molecule has 3 aromatic rings. The first-order chi connectivity index (χ1) is 12.8. The molecule has 3 rings (SSSR count). The van der Waals surface area contributed by atoms with Gasteiger partial charge in [0.25, 0.3) is 0 Å². The van der Waals surface area contributed by atoms with Gasteiger partial charge >= 0.3 is 5.97 Å². The second-order valence-corrected chi connectivity index (χ2v) is 8.51. The van der Waals surface area contributed by atoms with Crippen molar-refractivity contribution in [3.63, 3.8) is 0 Å². The number of esters is 1. The van der Waals surface area contributed by atoms with Crippen molar-refractivity contribution in [2.45, 2.75) is 24.8 Å². The number of sulfonamides is 1. The maximum absolute atomic E-state index is 12.7. The Kier molecular flexibility index (Phi) is 5.30. The highest BCUT2D eigenvalue weighted by atomic mass is 32.2. The summed E-state index contributed by atoms with van der Waals surface area (Å²) in [4.78, 5) is 12.7. The van der Waals surface area contributed by atoms with Crippen molar-refractivity contribution in [2.24, 2.45) is 0 Å². The molecule has 3 aromatic carbocycles. The van der Waals surface area contributed by atoms with Crippen molar-refractivity contribution in [1.82, 2.24) is 4.31 Å². The fourth-order valence-corrected chi connectivity index (χ4v) is 4.08. The van der Waals surface area contributed by atoms with Crippen molar-refractivity contribution in [3.8, 4) is 5.75 Å². The standard InChI is InChI=1S/C21H21NO4S/c1-15(2)22(3)27(24,25)18-11-6-10-17(14-18)21(23)26-20-13-7-9-16-8-4-5-12-19(16)20/h4-15H,1-3H3. The summed E-state index contributed by atoms with van der Waals surface area (Å²) in [6, 6.07) is 18.8. The molecule has 0 radical (unpaired) electrons. The highest BCUT2D eigenvalue weighted by Gasteiger charge is 2.24. The number of carbonyl (C=O) groups excluding carboxylic acids is 1. The van der Waals surface area contributed by atoms with E-state index in [0.717, 1.165) is 10.8 Å². The quantitative estimate of drug-likeness (QED) is 0.492. The topological polar surface area (TPSA) is 63.7 Å². The molecule has 5 nitrogen and oxygen atoms in total. The number of ether oxygens (including phenoxy) is 1. The van der Waals surface area contributed by atoms with Crippen LogP contribution in [-0.4, -0.2) is 31.8 Å². The second-order valence-electron chi connectivity index (χ2n) is 6.51. The van der Waals surface area contributed by atoms with Gasteiger partial charge in [0, 0.05) is 18.5 Å². The number of hydrogen-bond acceptors (Lipinski definition) is 4. The highest BCUT2D eigenvalue weighted by Crippen LogP contribution is 2.26. The molecule has 0 aliphatic carbocycles. The molecule has 0 N–H and O–H groups in total. The van der Waals surface area contributed by atoms with Crippen LogP contribution in [0.3, 0.4) is 0 Å². The lowest BCUT2D eigenvalue weighted by Crippen LogP contribution is -2.33. The van der Waals surface area contributed by atoms with Gasteiger partial charge < -0.3 is 4.74 Å². The van der Waals surface area contributed by atoms with E-state index in [9.17, 15) is 13.2 Å². The van der Waals surface area contributed by atoms with E-state index in [0.29, 0.717) is 5.75 Å². The summed E-state index contributed by atoms with van der Waals surface area (Å²) >= 11 is 0. The van der Waals surface area contributed by atoms with Gasteiger partial charge in [0.05, 0.1) is 10.5 Å². The minimum absolute atomic E-state index is 0.0612. The number of benzene rings is 3. The Hall–Kier alpha value is -2.70. The van der Waals surface area contributed by atoms with Crippen LogP contribution >= 0.6 is 0 Å². The number of nitrogens with zero attached hydrogens (tertiary/aromatic N) is 1. The smallest absolute Gasteiger partial charge is 0.343 e. The van der Waals surface area contributed by atoms with Crippen LogP contribution in [0.5, 0.6) is 5.75 Å². The van der Waals surface area contributed by atoms with E-state index in [1.807, 2.05) is 36.4 Å². The van der Waals surface area contributed by atoms with Crippen LogP contribution in [0.25, 0.3) is 10.8 Å². The number of carbonyl (C=O) groups is 1. The SMILES string of the molecule is CC(C)N(C)S(=O)(=O)c1cccc(C(=O)Oc2cccc3ccccc23)c1. The minimum atomic E-state index is -3.68. The Balaban J connectivity index is 1.92. The fourth-order valence-electron chi connectivity index (χ4n) is 2.67. The summed E-state index contributed by atoms with van der Waals surface area (Å²) in [7, 11) is -2.16. The molecule has 0 aliphatic rings. The number of hydrogen-bond donors (Lipinski definition) is 0. The predicted molar refractivity (Wildman–Crippen MR) is 105 cm³/mol. The Morgan fingerprint density at radius 1 is 0.963 bits per heavy atom. The summed E-state index contributed by atoms with van der Waals surface area (Å²) in [5.41, 5.74) is 0.182. The first-order valence-corrected chi connectivity index (χ1v) is 10.0. The van der Waals surface area contributed by atoms with E-state index < -0.39 is 16.0 Å². The third-order valence-electron chi connectivity index (χ3n) is 4.43. The van der Waals surface area contributed by atoms with Gasteiger partial charge in [0.1, 0.15) is 5.75 Å². The lowest BCUT2D eigenvalue weighted by atomic mass is 10.1.